The first kappa shape index (κ1) is 35.8. The monoisotopic (exact) mass is 656 g/mol. The molecule has 3 rings (SSSR count). The molecular formula is C33H32N6O9. The van der Waals surface area contributed by atoms with E-state index in [1.165, 1.54) is 18.2 Å². The van der Waals surface area contributed by atoms with E-state index in [4.69, 9.17) is 44.2 Å². The third-order valence-corrected chi connectivity index (χ3v) is 7.05. The number of ether oxygens (including phenoxy) is 6. The smallest absolute Gasteiger partial charge is 0.411 e. The van der Waals surface area contributed by atoms with Crippen molar-refractivity contribution in [3.05, 3.63) is 71.3 Å². The highest BCUT2D eigenvalue weighted by molar-refractivity contribution is 5.86. The maximum Gasteiger partial charge on any atom is 0.411 e. The summed E-state index contributed by atoms with van der Waals surface area (Å²) in [4.78, 5) is 38.3. The van der Waals surface area contributed by atoms with Crippen LogP contribution in [0.2, 0.25) is 0 Å². The lowest BCUT2D eigenvalue weighted by molar-refractivity contribution is -0.0104. The van der Waals surface area contributed by atoms with Crippen LogP contribution >= 0.6 is 0 Å². The second kappa shape index (κ2) is 17.1. The van der Waals surface area contributed by atoms with Crippen molar-refractivity contribution in [2.45, 2.75) is 34.1 Å². The molecule has 0 saturated carbocycles. The zero-order valence-electron chi connectivity index (χ0n) is 26.5. The lowest BCUT2D eigenvalue weighted by Gasteiger charge is -2.31. The van der Waals surface area contributed by atoms with Gasteiger partial charge in [0.15, 0.2) is 0 Å². The van der Waals surface area contributed by atoms with E-state index in [9.17, 15) is 14.4 Å². The van der Waals surface area contributed by atoms with Gasteiger partial charge in [0.05, 0.1) is 5.41 Å². The number of carbonyl (C=O) groups is 3. The zero-order valence-corrected chi connectivity index (χ0v) is 26.5. The minimum Gasteiger partial charge on any atom is -0.448 e. The molecule has 0 aliphatic carbocycles. The van der Waals surface area contributed by atoms with Crippen molar-refractivity contribution in [1.29, 1.82) is 15.8 Å². The van der Waals surface area contributed by atoms with Crippen LogP contribution in [0.5, 0.6) is 17.2 Å². The van der Waals surface area contributed by atoms with E-state index < -0.39 is 23.7 Å². The molecule has 15 nitrogen and oxygen atoms in total. The average Bonchev–Trinajstić information content (AvgIpc) is 3.06. The lowest BCUT2D eigenvalue weighted by atomic mass is 9.88. The predicted molar refractivity (Wildman–Crippen MR) is 170 cm³/mol. The minimum absolute atomic E-state index is 0.223. The second-order valence-corrected chi connectivity index (χ2v) is 10.5. The van der Waals surface area contributed by atoms with Crippen LogP contribution in [0.25, 0.3) is 0 Å². The Morgan fingerprint density at radius 3 is 1.12 bits per heavy atom. The highest BCUT2D eigenvalue weighted by Gasteiger charge is 2.34. The maximum absolute atomic E-state index is 12.8. The fraction of sp³-hybridized carbons (Fsp3) is 0.273. The topological polar surface area (TPSA) is 214 Å². The Labute approximate surface area is 276 Å². The summed E-state index contributed by atoms with van der Waals surface area (Å²) in [6.07, 6.45) is 2.35. The molecule has 3 aromatic carbocycles. The van der Waals surface area contributed by atoms with E-state index >= 15 is 0 Å². The van der Waals surface area contributed by atoms with Gasteiger partial charge in [0, 0.05) is 35.3 Å². The molecule has 15 heteroatoms. The molecule has 0 unspecified atom stereocenters. The Bertz CT molecular complexity index is 1570. The average molecular weight is 657 g/mol. The summed E-state index contributed by atoms with van der Waals surface area (Å²) in [6, 6.07) is 14.0. The van der Waals surface area contributed by atoms with Crippen LogP contribution in [0.3, 0.4) is 0 Å². The molecule has 0 aliphatic heterocycles. The highest BCUT2D eigenvalue weighted by Crippen LogP contribution is 2.28. The van der Waals surface area contributed by atoms with E-state index in [-0.39, 0.29) is 43.5 Å². The SMILES string of the molecule is CCC(COC(=O)Nc1ccc(C)c(OC#N)c1)(COC(=O)Nc1ccc(C)c(OC#N)c1)COC(=O)Nc1ccc(C)c(OC#N)c1. The molecular weight excluding hydrogens is 624 g/mol. The number of nitrogens with zero attached hydrogens (tertiary/aromatic N) is 3. The molecule has 248 valence electrons. The van der Waals surface area contributed by atoms with Crippen molar-refractivity contribution in [3.63, 3.8) is 0 Å². The van der Waals surface area contributed by atoms with Gasteiger partial charge in [-0.15, -0.1) is 15.8 Å². The van der Waals surface area contributed by atoms with Gasteiger partial charge in [0.25, 0.3) is 18.8 Å². The van der Waals surface area contributed by atoms with Gasteiger partial charge < -0.3 is 28.4 Å². The van der Waals surface area contributed by atoms with Crippen molar-refractivity contribution in [1.82, 2.24) is 0 Å². The van der Waals surface area contributed by atoms with Crippen molar-refractivity contribution >= 4 is 35.3 Å². The Morgan fingerprint density at radius 2 is 0.875 bits per heavy atom. The summed E-state index contributed by atoms with van der Waals surface area (Å²) >= 11 is 0. The standard InChI is InChI=1S/C33H32N6O9/c1-5-33(15-43-30(40)37-24-9-6-21(2)27(12-24)46-18-34,16-44-31(41)38-25-10-7-22(3)28(13-25)47-19-35)17-45-32(42)39-26-11-8-23(4)29(14-26)48-20-36/h6-14H,5,15-17H2,1-4H3,(H,37,40)(H,38,41)(H,39,42). The Balaban J connectivity index is 1.73. The number of benzene rings is 3. The number of rotatable bonds is 13. The third-order valence-electron chi connectivity index (χ3n) is 7.05. The van der Waals surface area contributed by atoms with Crippen LogP contribution in [0.4, 0.5) is 31.4 Å². The van der Waals surface area contributed by atoms with Gasteiger partial charge in [-0.05, 0) is 62.1 Å². The fourth-order valence-corrected chi connectivity index (χ4v) is 4.06. The summed E-state index contributed by atoms with van der Waals surface area (Å²) in [7, 11) is 0. The first-order valence-electron chi connectivity index (χ1n) is 14.3. The van der Waals surface area contributed by atoms with Gasteiger partial charge in [0.1, 0.15) is 37.1 Å². The lowest BCUT2D eigenvalue weighted by Crippen LogP contribution is -2.40. The molecule has 0 aromatic heterocycles. The first-order valence-corrected chi connectivity index (χ1v) is 14.3. The quantitative estimate of drug-likeness (QED) is 0.130. The van der Waals surface area contributed by atoms with Gasteiger partial charge in [0.2, 0.25) is 0 Å². The van der Waals surface area contributed by atoms with Gasteiger partial charge in [-0.2, -0.15) is 0 Å². The Morgan fingerprint density at radius 1 is 0.583 bits per heavy atom. The van der Waals surface area contributed by atoms with E-state index in [1.54, 1.807) is 82.9 Å². The molecule has 0 heterocycles. The summed E-state index contributed by atoms with van der Waals surface area (Å²) in [5.41, 5.74) is 1.68. The van der Waals surface area contributed by atoms with E-state index in [0.717, 1.165) is 0 Å². The number of hydrogen-bond donors (Lipinski definition) is 3. The second-order valence-electron chi connectivity index (χ2n) is 10.5. The Kier molecular flexibility index (Phi) is 12.8. The molecule has 0 saturated heterocycles. The van der Waals surface area contributed by atoms with Gasteiger partial charge in [-0.3, -0.25) is 16.0 Å². The number of nitriles is 3. The van der Waals surface area contributed by atoms with Crippen LogP contribution in [-0.4, -0.2) is 38.1 Å². The number of aryl methyl sites for hydroxylation is 3. The van der Waals surface area contributed by atoms with Crippen LogP contribution in [0, 0.1) is 60.7 Å². The van der Waals surface area contributed by atoms with E-state index in [2.05, 4.69) is 16.0 Å². The van der Waals surface area contributed by atoms with Crippen LogP contribution in [0.1, 0.15) is 30.0 Å². The van der Waals surface area contributed by atoms with Crippen molar-refractivity contribution in [3.8, 4) is 36.0 Å². The van der Waals surface area contributed by atoms with E-state index in [1.807, 2.05) is 0 Å². The van der Waals surface area contributed by atoms with Crippen LogP contribution in [0.15, 0.2) is 54.6 Å². The molecule has 0 atom stereocenters. The number of anilines is 3. The van der Waals surface area contributed by atoms with Gasteiger partial charge in [-0.1, -0.05) is 25.1 Å². The summed E-state index contributed by atoms with van der Waals surface area (Å²) in [5, 5.41) is 34.2. The van der Waals surface area contributed by atoms with Crippen LogP contribution < -0.4 is 30.2 Å². The molecule has 0 bridgehead atoms. The van der Waals surface area contributed by atoms with Crippen LogP contribution in [-0.2, 0) is 14.2 Å². The molecule has 0 aliphatic rings. The largest absolute Gasteiger partial charge is 0.448 e. The predicted octanol–water partition coefficient (Wildman–Crippen LogP) is 6.63. The number of nitrogens with one attached hydrogen (secondary N) is 3. The fourth-order valence-electron chi connectivity index (χ4n) is 4.06. The molecule has 48 heavy (non-hydrogen) atoms. The van der Waals surface area contributed by atoms with Crippen molar-refractivity contribution in [2.24, 2.45) is 5.41 Å². The van der Waals surface area contributed by atoms with Gasteiger partial charge in [-0.25, -0.2) is 14.4 Å². The molecule has 3 aromatic rings. The molecule has 0 fully saturated rings. The number of amides is 3. The maximum atomic E-state index is 12.8. The first-order chi connectivity index (χ1) is 23.0. The van der Waals surface area contributed by atoms with Gasteiger partial charge >= 0.3 is 18.3 Å². The highest BCUT2D eigenvalue weighted by atomic mass is 16.6. The molecule has 0 radical (unpaired) electrons. The zero-order chi connectivity index (χ0) is 35.1. The summed E-state index contributed by atoms with van der Waals surface area (Å²) in [6.45, 7) is 5.87. The molecule has 0 spiro atoms. The minimum atomic E-state index is -1.21. The normalized spacial score (nSPS) is 10.2. The summed E-state index contributed by atoms with van der Waals surface area (Å²) in [5.74, 6) is 0.741. The van der Waals surface area contributed by atoms with E-state index in [0.29, 0.717) is 33.8 Å². The number of carbonyl (C=O) groups excluding carboxylic acids is 3. The summed E-state index contributed by atoms with van der Waals surface area (Å²) < 4.78 is 31.1. The third kappa shape index (κ3) is 10.5. The van der Waals surface area contributed by atoms with Crippen molar-refractivity contribution in [2.75, 3.05) is 35.8 Å². The molecule has 3 amide bonds. The van der Waals surface area contributed by atoms with Crippen molar-refractivity contribution < 1.29 is 42.8 Å². The number of hydrogen-bond acceptors (Lipinski definition) is 12. The molecule has 3 N–H and O–H groups in total. The Hall–Kier alpha value is -6.66.